The van der Waals surface area contributed by atoms with Gasteiger partial charge in [-0.25, -0.2) is 9.97 Å². The molecule has 1 aliphatic carbocycles. The molecule has 0 amide bonds. The number of thiazole rings is 1. The van der Waals surface area contributed by atoms with Gasteiger partial charge in [0.1, 0.15) is 16.6 Å². The van der Waals surface area contributed by atoms with Crippen molar-refractivity contribution in [3.63, 3.8) is 0 Å². The minimum atomic E-state index is -0.250. The van der Waals surface area contributed by atoms with Crippen LogP contribution in [-0.4, -0.2) is 57.5 Å². The fourth-order valence-electron chi connectivity index (χ4n) is 7.08. The smallest absolute Gasteiger partial charge is 0.290 e. The Hall–Kier alpha value is -4.36. The van der Waals surface area contributed by atoms with Gasteiger partial charge in [-0.1, -0.05) is 30.3 Å². The van der Waals surface area contributed by atoms with Crippen molar-refractivity contribution >= 4 is 28.9 Å². The molecule has 1 saturated heterocycles. The zero-order valence-corrected chi connectivity index (χ0v) is 27.8. The molecule has 47 heavy (non-hydrogen) atoms. The molecule has 3 aromatic carbocycles. The first kappa shape index (κ1) is 31.3. The highest BCUT2D eigenvalue weighted by Gasteiger charge is 2.28. The molecular formula is C38H39N5O3S. The van der Waals surface area contributed by atoms with Crippen LogP contribution in [0.2, 0.25) is 0 Å². The second-order valence-corrected chi connectivity index (χ2v) is 14.1. The quantitative estimate of drug-likeness (QED) is 0.179. The van der Waals surface area contributed by atoms with E-state index in [-0.39, 0.29) is 6.47 Å². The van der Waals surface area contributed by atoms with Gasteiger partial charge in [0.05, 0.1) is 11.3 Å². The van der Waals surface area contributed by atoms with Crippen LogP contribution in [0, 0.1) is 31.1 Å². The number of hydrogen-bond donors (Lipinski definition) is 1. The van der Waals surface area contributed by atoms with Crippen LogP contribution in [0.1, 0.15) is 58.5 Å². The van der Waals surface area contributed by atoms with E-state index in [1.54, 1.807) is 0 Å². The van der Waals surface area contributed by atoms with Crippen molar-refractivity contribution in [2.24, 2.45) is 5.92 Å². The van der Waals surface area contributed by atoms with E-state index in [4.69, 9.17) is 24.3 Å². The van der Waals surface area contributed by atoms with Crippen molar-refractivity contribution < 1.29 is 14.3 Å². The number of oxazole rings is 1. The summed E-state index contributed by atoms with van der Waals surface area (Å²) >= 11 is 1.87. The van der Waals surface area contributed by atoms with Gasteiger partial charge in [0.15, 0.2) is 5.58 Å². The summed E-state index contributed by atoms with van der Waals surface area (Å²) in [6.45, 7) is 10.6. The van der Waals surface area contributed by atoms with E-state index in [1.165, 1.54) is 59.5 Å². The summed E-state index contributed by atoms with van der Waals surface area (Å²) in [6, 6.07) is 19.3. The van der Waals surface area contributed by atoms with Gasteiger partial charge in [0.25, 0.3) is 6.47 Å². The Labute approximate surface area is 279 Å². The zero-order valence-electron chi connectivity index (χ0n) is 27.0. The largest absolute Gasteiger partial charge is 0.483 e. The van der Waals surface area contributed by atoms with Gasteiger partial charge in [-0.15, -0.1) is 11.3 Å². The highest BCUT2D eigenvalue weighted by molar-refractivity contribution is 7.15. The molecule has 9 heteroatoms. The highest BCUT2D eigenvalue weighted by Crippen LogP contribution is 2.40. The summed E-state index contributed by atoms with van der Waals surface area (Å²) < 4.78 is 6.32. The van der Waals surface area contributed by atoms with Crippen LogP contribution in [0.3, 0.4) is 0 Å². The lowest BCUT2D eigenvalue weighted by Gasteiger charge is -2.25. The lowest BCUT2D eigenvalue weighted by molar-refractivity contribution is -0.122. The third-order valence-corrected chi connectivity index (χ3v) is 10.8. The van der Waals surface area contributed by atoms with Gasteiger partial charge >= 0.3 is 0 Å². The number of benzene rings is 3. The number of nitrogens with zero attached hydrogens (tertiary/aromatic N) is 5. The summed E-state index contributed by atoms with van der Waals surface area (Å²) in [5.41, 5.74) is 11.2. The molecule has 4 heterocycles. The molecule has 0 atom stereocenters. The van der Waals surface area contributed by atoms with Crippen molar-refractivity contribution in [3.8, 4) is 39.2 Å². The van der Waals surface area contributed by atoms with Crippen molar-refractivity contribution in [3.05, 3.63) is 81.4 Å². The SMILES string of the molecule is Cc1c(-c2nc3cc(CN4CCCC4)cc(C#N)c3o2)cccc1-c1cccc(-c2nc3c(s2)CN(CC2CC2)CC3)c1C.O=CO. The van der Waals surface area contributed by atoms with Crippen LogP contribution < -0.4 is 0 Å². The summed E-state index contributed by atoms with van der Waals surface area (Å²) in [5, 5.41) is 18.0. The summed E-state index contributed by atoms with van der Waals surface area (Å²) in [5.74, 6) is 1.48. The molecule has 2 aromatic heterocycles. The Morgan fingerprint density at radius 3 is 2.36 bits per heavy atom. The van der Waals surface area contributed by atoms with Crippen molar-refractivity contribution in [2.45, 2.75) is 59.0 Å². The number of carboxylic acid groups (broad SMARTS) is 1. The Balaban J connectivity index is 0.00000113. The monoisotopic (exact) mass is 645 g/mol. The first-order valence-electron chi connectivity index (χ1n) is 16.5. The Bertz CT molecular complexity index is 1980. The van der Waals surface area contributed by atoms with E-state index in [0.29, 0.717) is 17.0 Å². The summed E-state index contributed by atoms with van der Waals surface area (Å²) in [6.07, 6.45) is 6.33. The zero-order chi connectivity index (χ0) is 32.5. The van der Waals surface area contributed by atoms with E-state index < -0.39 is 0 Å². The number of aromatic nitrogens is 2. The van der Waals surface area contributed by atoms with Gasteiger partial charge in [-0.3, -0.25) is 14.6 Å². The topological polar surface area (TPSA) is 106 Å². The summed E-state index contributed by atoms with van der Waals surface area (Å²) in [4.78, 5) is 24.9. The number of fused-ring (bicyclic) bond motifs is 2. The van der Waals surface area contributed by atoms with E-state index in [0.717, 1.165) is 77.8 Å². The molecule has 1 saturated carbocycles. The standard InChI is InChI=1S/C37H37N5OS.CH2O2/c1-23-28(29-8-6-10-31(24(29)2)37-40-32-13-16-42(20-25-11-12-25)22-34(32)44-37)7-5-9-30(23)36-39-33-18-26(21-41-14-3-4-15-41)17-27(19-38)35(33)43-36;2-1-3/h5-10,17-18,25H,3-4,11-16,20-22H2,1-2H3;1H,(H,2,3). The van der Waals surface area contributed by atoms with Crippen LogP contribution in [0.25, 0.3) is 44.3 Å². The fraction of sp³-hybridized carbons (Fsp3) is 0.368. The lowest BCUT2D eigenvalue weighted by atomic mass is 9.91. The van der Waals surface area contributed by atoms with E-state index >= 15 is 0 Å². The van der Waals surface area contributed by atoms with Gasteiger partial charge in [-0.2, -0.15) is 5.26 Å². The average Bonchev–Trinajstić information content (AvgIpc) is 3.41. The third kappa shape index (κ3) is 6.46. The molecule has 2 aliphatic heterocycles. The summed E-state index contributed by atoms with van der Waals surface area (Å²) in [7, 11) is 0. The lowest BCUT2D eigenvalue weighted by Crippen LogP contribution is -2.31. The van der Waals surface area contributed by atoms with Gasteiger partial charge in [-0.05, 0) is 105 Å². The predicted molar refractivity (Wildman–Crippen MR) is 185 cm³/mol. The van der Waals surface area contributed by atoms with Crippen molar-refractivity contribution in [1.82, 2.24) is 19.8 Å². The maximum atomic E-state index is 9.94. The molecule has 0 unspecified atom stereocenters. The van der Waals surface area contributed by atoms with Crippen molar-refractivity contribution in [1.29, 1.82) is 5.26 Å². The fourth-order valence-corrected chi connectivity index (χ4v) is 8.32. The van der Waals surface area contributed by atoms with Crippen LogP contribution in [0.4, 0.5) is 0 Å². The molecule has 0 bridgehead atoms. The number of hydrogen-bond acceptors (Lipinski definition) is 8. The maximum Gasteiger partial charge on any atom is 0.290 e. The predicted octanol–water partition coefficient (Wildman–Crippen LogP) is 7.84. The number of nitriles is 1. The molecule has 0 spiro atoms. The van der Waals surface area contributed by atoms with Gasteiger partial charge < -0.3 is 9.52 Å². The minimum absolute atomic E-state index is 0.250. The first-order chi connectivity index (χ1) is 22.9. The van der Waals surface area contributed by atoms with E-state index in [2.05, 4.69) is 72.2 Å². The van der Waals surface area contributed by atoms with Crippen LogP contribution in [-0.2, 0) is 24.3 Å². The highest BCUT2D eigenvalue weighted by atomic mass is 32.1. The van der Waals surface area contributed by atoms with Gasteiger partial charge in [0.2, 0.25) is 5.89 Å². The molecule has 1 N–H and O–H groups in total. The minimum Gasteiger partial charge on any atom is -0.483 e. The maximum absolute atomic E-state index is 9.94. The van der Waals surface area contributed by atoms with Crippen LogP contribution in [0.5, 0.6) is 0 Å². The molecule has 240 valence electrons. The Morgan fingerprint density at radius 1 is 0.979 bits per heavy atom. The van der Waals surface area contributed by atoms with E-state index in [1.807, 2.05) is 17.4 Å². The molecule has 8 nitrogen and oxygen atoms in total. The molecule has 2 fully saturated rings. The Kier molecular flexibility index (Phi) is 8.91. The van der Waals surface area contributed by atoms with Crippen molar-refractivity contribution in [2.75, 3.05) is 26.2 Å². The van der Waals surface area contributed by atoms with Crippen LogP contribution in [0.15, 0.2) is 52.9 Å². The Morgan fingerprint density at radius 2 is 1.66 bits per heavy atom. The number of rotatable bonds is 7. The first-order valence-corrected chi connectivity index (χ1v) is 17.3. The second-order valence-electron chi connectivity index (χ2n) is 13.0. The number of carbonyl (C=O) groups is 1. The molecule has 3 aliphatic rings. The van der Waals surface area contributed by atoms with Gasteiger partial charge in [0, 0.05) is 48.6 Å². The van der Waals surface area contributed by atoms with Crippen LogP contribution >= 0.6 is 11.3 Å². The molecular weight excluding hydrogens is 607 g/mol. The third-order valence-electron chi connectivity index (χ3n) is 9.72. The number of likely N-dealkylation sites (tertiary alicyclic amines) is 1. The molecule has 8 rings (SSSR count). The second kappa shape index (κ2) is 13.4. The molecule has 5 aromatic rings. The molecule has 0 radical (unpaired) electrons. The average molecular weight is 646 g/mol. The van der Waals surface area contributed by atoms with E-state index in [9.17, 15) is 5.26 Å². The normalized spacial score (nSPS) is 16.4.